The minimum absolute atomic E-state index is 0.0262. The Morgan fingerprint density at radius 1 is 1.57 bits per heavy atom. The highest BCUT2D eigenvalue weighted by molar-refractivity contribution is 6.34. The van der Waals surface area contributed by atoms with Crippen LogP contribution >= 0.6 is 11.6 Å². The van der Waals surface area contributed by atoms with Crippen molar-refractivity contribution in [3.63, 3.8) is 0 Å². The maximum absolute atomic E-state index is 11.3. The lowest BCUT2D eigenvalue weighted by Crippen LogP contribution is -2.25. The smallest absolute Gasteiger partial charge is 0.338 e. The van der Waals surface area contributed by atoms with Gasteiger partial charge in [0.05, 0.1) is 27.8 Å². The second kappa shape index (κ2) is 6.73. The van der Waals surface area contributed by atoms with Crippen molar-refractivity contribution in [2.45, 2.75) is 12.8 Å². The predicted molar refractivity (Wildman–Crippen MR) is 77.1 cm³/mol. The van der Waals surface area contributed by atoms with Crippen LogP contribution in [0.1, 0.15) is 23.2 Å². The zero-order valence-electron chi connectivity index (χ0n) is 11.2. The Bertz CT molecular complexity index is 558. The number of rotatable bonds is 5. The first-order valence-electron chi connectivity index (χ1n) is 6.52. The van der Waals surface area contributed by atoms with E-state index in [4.69, 9.17) is 16.3 Å². The number of nitro groups is 1. The Morgan fingerprint density at radius 2 is 2.33 bits per heavy atom. The molecule has 1 aromatic rings. The van der Waals surface area contributed by atoms with Gasteiger partial charge in [0.25, 0.3) is 5.69 Å². The van der Waals surface area contributed by atoms with Crippen molar-refractivity contribution in [3.8, 4) is 0 Å². The van der Waals surface area contributed by atoms with Gasteiger partial charge in [-0.2, -0.15) is 0 Å². The third kappa shape index (κ3) is 3.83. The van der Waals surface area contributed by atoms with Crippen LogP contribution < -0.4 is 5.32 Å². The minimum Gasteiger partial charge on any atom is -0.478 e. The van der Waals surface area contributed by atoms with Crippen LogP contribution in [-0.2, 0) is 4.74 Å². The van der Waals surface area contributed by atoms with Crippen molar-refractivity contribution >= 4 is 28.9 Å². The van der Waals surface area contributed by atoms with Crippen molar-refractivity contribution in [1.82, 2.24) is 0 Å². The number of hydrogen-bond acceptors (Lipinski definition) is 5. The number of aromatic carboxylic acids is 1. The summed E-state index contributed by atoms with van der Waals surface area (Å²) in [6.45, 7) is 1.87. The van der Waals surface area contributed by atoms with Gasteiger partial charge in [0.2, 0.25) is 0 Å². The van der Waals surface area contributed by atoms with E-state index in [1.54, 1.807) is 0 Å². The number of nitrogens with zero attached hydrogens (tertiary/aromatic N) is 1. The van der Waals surface area contributed by atoms with E-state index < -0.39 is 10.9 Å². The molecule has 1 aliphatic rings. The van der Waals surface area contributed by atoms with Crippen LogP contribution in [0.15, 0.2) is 12.1 Å². The number of anilines is 1. The molecule has 0 aliphatic carbocycles. The summed E-state index contributed by atoms with van der Waals surface area (Å²) in [6, 6.07) is 2.15. The highest BCUT2D eigenvalue weighted by atomic mass is 35.5. The molecule has 1 heterocycles. The molecule has 2 rings (SSSR count). The Hall–Kier alpha value is -1.86. The average Bonchev–Trinajstić information content (AvgIpc) is 2.46. The Kier molecular flexibility index (Phi) is 4.98. The number of carboxylic acids is 1. The third-order valence-electron chi connectivity index (χ3n) is 3.34. The zero-order valence-corrected chi connectivity index (χ0v) is 11.9. The molecule has 2 N–H and O–H groups in total. The van der Waals surface area contributed by atoms with E-state index in [-0.39, 0.29) is 27.9 Å². The summed E-state index contributed by atoms with van der Waals surface area (Å²) in [5, 5.41) is 23.0. The molecule has 1 atom stereocenters. The van der Waals surface area contributed by atoms with Gasteiger partial charge in [-0.3, -0.25) is 10.1 Å². The number of nitro benzene ring substituents is 1. The Morgan fingerprint density at radius 3 is 2.90 bits per heavy atom. The fraction of sp³-hybridized carbons (Fsp3) is 0.462. The first-order valence-corrected chi connectivity index (χ1v) is 6.89. The third-order valence-corrected chi connectivity index (χ3v) is 3.64. The Labute approximate surface area is 126 Å². The number of benzene rings is 1. The van der Waals surface area contributed by atoms with E-state index in [0.717, 1.165) is 31.6 Å². The molecule has 1 saturated heterocycles. The van der Waals surface area contributed by atoms with E-state index in [0.29, 0.717) is 13.2 Å². The molecule has 0 amide bonds. The van der Waals surface area contributed by atoms with Gasteiger partial charge < -0.3 is 15.2 Å². The van der Waals surface area contributed by atoms with E-state index in [2.05, 4.69) is 5.32 Å². The fourth-order valence-corrected chi connectivity index (χ4v) is 2.54. The molecule has 0 spiro atoms. The van der Waals surface area contributed by atoms with E-state index in [9.17, 15) is 20.0 Å². The van der Waals surface area contributed by atoms with Crippen molar-refractivity contribution in [2.24, 2.45) is 5.92 Å². The highest BCUT2D eigenvalue weighted by Crippen LogP contribution is 2.32. The summed E-state index contributed by atoms with van der Waals surface area (Å²) < 4.78 is 5.35. The summed E-state index contributed by atoms with van der Waals surface area (Å²) in [6.07, 6.45) is 1.95. The van der Waals surface area contributed by atoms with Gasteiger partial charge in [0, 0.05) is 25.3 Å². The van der Waals surface area contributed by atoms with Crippen LogP contribution in [0.5, 0.6) is 0 Å². The van der Waals surface area contributed by atoms with Crippen molar-refractivity contribution in [3.05, 3.63) is 32.8 Å². The number of non-ortho nitro benzene ring substituents is 1. The fourth-order valence-electron chi connectivity index (χ4n) is 2.26. The average molecular weight is 315 g/mol. The number of halogens is 1. The molecule has 7 nitrogen and oxygen atoms in total. The van der Waals surface area contributed by atoms with Crippen LogP contribution in [0.4, 0.5) is 11.4 Å². The number of nitrogens with one attached hydrogen (secondary N) is 1. The largest absolute Gasteiger partial charge is 0.478 e. The van der Waals surface area contributed by atoms with Crippen LogP contribution in [0.2, 0.25) is 5.02 Å². The van der Waals surface area contributed by atoms with Gasteiger partial charge in [-0.1, -0.05) is 11.6 Å². The molecule has 1 fully saturated rings. The second-order valence-corrected chi connectivity index (χ2v) is 5.28. The standard InChI is InChI=1S/C13H15ClN2O5/c14-11-5-9(16(19)20)4-10(13(17)18)12(11)15-6-8-2-1-3-21-7-8/h4-5,8,15H,1-3,6-7H2,(H,17,18). The summed E-state index contributed by atoms with van der Waals surface area (Å²) in [4.78, 5) is 21.3. The van der Waals surface area contributed by atoms with Crippen molar-refractivity contribution in [1.29, 1.82) is 0 Å². The van der Waals surface area contributed by atoms with Crippen LogP contribution in [0, 0.1) is 16.0 Å². The van der Waals surface area contributed by atoms with Gasteiger partial charge in [0.1, 0.15) is 0 Å². The molecule has 8 heteroatoms. The number of carbonyl (C=O) groups is 1. The summed E-state index contributed by atoms with van der Waals surface area (Å²) >= 11 is 5.98. The quantitative estimate of drug-likeness (QED) is 0.640. The Balaban J connectivity index is 2.20. The molecular weight excluding hydrogens is 300 g/mol. The van der Waals surface area contributed by atoms with Crippen LogP contribution in [-0.4, -0.2) is 35.8 Å². The van der Waals surface area contributed by atoms with E-state index >= 15 is 0 Å². The predicted octanol–water partition coefficient (Wildman–Crippen LogP) is 2.78. The first-order chi connectivity index (χ1) is 9.99. The molecule has 114 valence electrons. The topological polar surface area (TPSA) is 102 Å². The first kappa shape index (κ1) is 15.5. The van der Waals surface area contributed by atoms with Crippen molar-refractivity contribution in [2.75, 3.05) is 25.1 Å². The van der Waals surface area contributed by atoms with Crippen LogP contribution in [0.3, 0.4) is 0 Å². The van der Waals surface area contributed by atoms with Gasteiger partial charge in [-0.25, -0.2) is 4.79 Å². The molecule has 1 unspecified atom stereocenters. The SMILES string of the molecule is O=C(O)c1cc([N+](=O)[O-])cc(Cl)c1NCC1CCCOC1. The summed E-state index contributed by atoms with van der Waals surface area (Å²) in [7, 11) is 0. The number of ether oxygens (including phenoxy) is 1. The minimum atomic E-state index is -1.26. The molecular formula is C13H15ClN2O5. The van der Waals surface area contributed by atoms with Gasteiger partial charge >= 0.3 is 5.97 Å². The highest BCUT2D eigenvalue weighted by Gasteiger charge is 2.21. The van der Waals surface area contributed by atoms with Gasteiger partial charge in [-0.15, -0.1) is 0 Å². The zero-order chi connectivity index (χ0) is 15.4. The lowest BCUT2D eigenvalue weighted by molar-refractivity contribution is -0.384. The monoisotopic (exact) mass is 314 g/mol. The molecule has 0 aromatic heterocycles. The lowest BCUT2D eigenvalue weighted by Gasteiger charge is -2.23. The second-order valence-electron chi connectivity index (χ2n) is 4.88. The molecule has 0 bridgehead atoms. The van der Waals surface area contributed by atoms with Gasteiger partial charge in [0.15, 0.2) is 0 Å². The number of carboxylic acid groups (broad SMARTS) is 1. The van der Waals surface area contributed by atoms with E-state index in [1.165, 1.54) is 0 Å². The molecule has 0 radical (unpaired) electrons. The lowest BCUT2D eigenvalue weighted by atomic mass is 10.0. The molecule has 1 aliphatic heterocycles. The molecule has 0 saturated carbocycles. The van der Waals surface area contributed by atoms with Crippen LogP contribution in [0.25, 0.3) is 0 Å². The molecule has 1 aromatic carbocycles. The summed E-state index contributed by atoms with van der Waals surface area (Å²) in [5.74, 6) is -0.991. The maximum Gasteiger partial charge on any atom is 0.338 e. The van der Waals surface area contributed by atoms with Gasteiger partial charge in [-0.05, 0) is 18.8 Å². The van der Waals surface area contributed by atoms with E-state index in [1.807, 2.05) is 0 Å². The number of hydrogen-bond donors (Lipinski definition) is 2. The maximum atomic E-state index is 11.3. The van der Waals surface area contributed by atoms with Crippen molar-refractivity contribution < 1.29 is 19.6 Å². The normalized spacial score (nSPS) is 18.2. The summed E-state index contributed by atoms with van der Waals surface area (Å²) in [5.41, 5.74) is -0.338. The molecule has 21 heavy (non-hydrogen) atoms.